The van der Waals surface area contributed by atoms with E-state index in [2.05, 4.69) is 23.8 Å². The maximum absolute atomic E-state index is 10.8. The summed E-state index contributed by atoms with van der Waals surface area (Å²) in [5, 5.41) is 4.73. The van der Waals surface area contributed by atoms with Gasteiger partial charge in [-0.05, 0) is 39.8 Å². The largest absolute Gasteiger partial charge is 0.347 e. The van der Waals surface area contributed by atoms with Crippen LogP contribution < -0.4 is 10.6 Å². The highest BCUT2D eigenvalue weighted by Gasteiger charge is 2.26. The quantitative estimate of drug-likeness (QED) is 0.316. The Kier molecular flexibility index (Phi) is 9.98. The van der Waals surface area contributed by atoms with Crippen molar-refractivity contribution in [2.75, 3.05) is 11.5 Å². The molecule has 0 unspecified atom stereocenters. The minimum atomic E-state index is -4.08. The molecule has 2 amide bonds. The van der Waals surface area contributed by atoms with Gasteiger partial charge in [0.25, 0.3) is 20.2 Å². The van der Waals surface area contributed by atoms with Crippen molar-refractivity contribution in [3.8, 4) is 0 Å². The van der Waals surface area contributed by atoms with Gasteiger partial charge < -0.3 is 10.6 Å². The molecule has 0 aliphatic rings. The summed E-state index contributed by atoms with van der Waals surface area (Å²) in [6, 6.07) is 0. The van der Waals surface area contributed by atoms with Crippen molar-refractivity contribution in [1.29, 1.82) is 0 Å². The Bertz CT molecular complexity index is 673. The zero-order chi connectivity index (χ0) is 21.4. The van der Waals surface area contributed by atoms with Gasteiger partial charge in [0.05, 0.1) is 22.6 Å². The molecule has 0 atom stereocenters. The second-order valence-electron chi connectivity index (χ2n) is 6.61. The van der Waals surface area contributed by atoms with E-state index in [4.69, 9.17) is 9.11 Å². The molecule has 0 saturated heterocycles. The molecule has 0 spiro atoms. The first-order chi connectivity index (χ1) is 11.3. The van der Waals surface area contributed by atoms with E-state index in [0.717, 1.165) is 12.2 Å². The molecular formula is C14H26N2O8S2. The first kappa shape index (κ1) is 26.5. The van der Waals surface area contributed by atoms with E-state index in [1.165, 1.54) is 27.7 Å². The maximum atomic E-state index is 10.8. The molecule has 0 aromatic carbocycles. The van der Waals surface area contributed by atoms with Crippen LogP contribution in [0.25, 0.3) is 0 Å². The van der Waals surface area contributed by atoms with Crippen LogP contribution in [0.5, 0.6) is 0 Å². The second-order valence-corrected chi connectivity index (χ2v) is 9.51. The lowest BCUT2D eigenvalue weighted by atomic mass is 10.1. The van der Waals surface area contributed by atoms with E-state index in [0.29, 0.717) is 0 Å². The van der Waals surface area contributed by atoms with Crippen LogP contribution in [-0.2, 0) is 29.8 Å². The molecule has 152 valence electrons. The third-order valence-electron chi connectivity index (χ3n) is 2.38. The Morgan fingerprint density at radius 1 is 0.808 bits per heavy atom. The molecule has 0 heterocycles. The first-order valence-corrected chi connectivity index (χ1v) is 10.3. The third-order valence-corrected chi connectivity index (χ3v) is 4.55. The molecule has 0 fully saturated rings. The van der Waals surface area contributed by atoms with Gasteiger partial charge in [0.15, 0.2) is 0 Å². The zero-order valence-corrected chi connectivity index (χ0v) is 16.8. The van der Waals surface area contributed by atoms with Gasteiger partial charge in [-0.1, -0.05) is 13.2 Å². The number of hydrogen-bond donors (Lipinski definition) is 4. The lowest BCUT2D eigenvalue weighted by molar-refractivity contribution is -0.118. The lowest BCUT2D eigenvalue weighted by Gasteiger charge is -2.23. The molecule has 0 rings (SSSR count). The molecule has 0 bridgehead atoms. The van der Waals surface area contributed by atoms with Crippen LogP contribution in [-0.4, -0.2) is 60.3 Å². The van der Waals surface area contributed by atoms with Crippen molar-refractivity contribution in [2.24, 2.45) is 0 Å². The molecule has 0 aromatic rings. The summed E-state index contributed by atoms with van der Waals surface area (Å²) in [5.41, 5.74) is -2.00. The maximum Gasteiger partial charge on any atom is 0.267 e. The highest BCUT2D eigenvalue weighted by molar-refractivity contribution is 7.86. The molecule has 0 aliphatic heterocycles. The van der Waals surface area contributed by atoms with Gasteiger partial charge in [-0.2, -0.15) is 16.8 Å². The Labute approximate surface area is 154 Å². The molecule has 0 saturated carbocycles. The number of carbonyl (C=O) groups is 2. The fraction of sp³-hybridized carbons (Fsp3) is 0.571. The summed E-state index contributed by atoms with van der Waals surface area (Å²) in [4.78, 5) is 21.6. The molecule has 4 N–H and O–H groups in total. The van der Waals surface area contributed by atoms with E-state index in [1.807, 2.05) is 0 Å². The molecule has 12 heteroatoms. The first-order valence-electron chi connectivity index (χ1n) is 7.12. The number of amides is 2. The Morgan fingerprint density at radius 3 is 1.19 bits per heavy atom. The minimum absolute atomic E-state index is 0.478. The van der Waals surface area contributed by atoms with Crippen LogP contribution in [0.3, 0.4) is 0 Å². The van der Waals surface area contributed by atoms with Crippen LogP contribution >= 0.6 is 0 Å². The average Bonchev–Trinajstić information content (AvgIpc) is 2.31. The van der Waals surface area contributed by atoms with Crippen LogP contribution in [0.1, 0.15) is 27.7 Å². The molecule has 0 aromatic heterocycles. The van der Waals surface area contributed by atoms with E-state index in [9.17, 15) is 26.4 Å². The Balaban J connectivity index is 0. The summed E-state index contributed by atoms with van der Waals surface area (Å²) in [6.45, 7) is 12.4. The van der Waals surface area contributed by atoms with Gasteiger partial charge in [-0.25, -0.2) is 0 Å². The van der Waals surface area contributed by atoms with Gasteiger partial charge in [-0.3, -0.25) is 18.7 Å². The van der Waals surface area contributed by atoms with Crippen LogP contribution in [0.2, 0.25) is 0 Å². The monoisotopic (exact) mass is 414 g/mol. The van der Waals surface area contributed by atoms with Gasteiger partial charge in [-0.15, -0.1) is 0 Å². The third kappa shape index (κ3) is 17.1. The Hall–Kier alpha value is -1.76. The molecule has 0 aliphatic carbocycles. The number of rotatable bonds is 8. The van der Waals surface area contributed by atoms with E-state index in [1.54, 1.807) is 0 Å². The van der Waals surface area contributed by atoms with Gasteiger partial charge >= 0.3 is 0 Å². The molecule has 0 radical (unpaired) electrons. The summed E-state index contributed by atoms with van der Waals surface area (Å²) < 4.78 is 59.0. The summed E-state index contributed by atoms with van der Waals surface area (Å²) in [6.07, 6.45) is 2.07. The van der Waals surface area contributed by atoms with Crippen LogP contribution in [0, 0.1) is 0 Å². The van der Waals surface area contributed by atoms with Gasteiger partial charge in [0, 0.05) is 0 Å². The fourth-order valence-electron chi connectivity index (χ4n) is 1.75. The van der Waals surface area contributed by atoms with E-state index in [-0.39, 0.29) is 0 Å². The Morgan fingerprint density at radius 2 is 1.04 bits per heavy atom. The number of hydrogen-bond acceptors (Lipinski definition) is 6. The van der Waals surface area contributed by atoms with E-state index < -0.39 is 54.6 Å². The topological polar surface area (TPSA) is 167 Å². The highest BCUT2D eigenvalue weighted by atomic mass is 32.2. The van der Waals surface area contributed by atoms with Crippen molar-refractivity contribution in [3.05, 3.63) is 25.3 Å². The van der Waals surface area contributed by atoms with Crippen molar-refractivity contribution in [2.45, 2.75) is 38.8 Å². The highest BCUT2D eigenvalue weighted by Crippen LogP contribution is 2.06. The van der Waals surface area contributed by atoms with Crippen LogP contribution in [0.4, 0.5) is 0 Å². The van der Waals surface area contributed by atoms with Crippen molar-refractivity contribution in [3.63, 3.8) is 0 Å². The van der Waals surface area contributed by atoms with E-state index >= 15 is 0 Å². The second kappa shape index (κ2) is 9.80. The molecular weight excluding hydrogens is 388 g/mol. The zero-order valence-electron chi connectivity index (χ0n) is 15.1. The standard InChI is InChI=1S/2C7H13NO4S/c2*1-4-6(9)8-7(2,3)5-13(10,11)12/h2*4H,1,5H2,2-3H3,(H,8,9)(H,10,11,12). The van der Waals surface area contributed by atoms with Crippen molar-refractivity contribution in [1.82, 2.24) is 10.6 Å². The molecule has 26 heavy (non-hydrogen) atoms. The fourth-order valence-corrected chi connectivity index (χ4v) is 3.72. The summed E-state index contributed by atoms with van der Waals surface area (Å²) in [7, 11) is -8.17. The molecule has 10 nitrogen and oxygen atoms in total. The summed E-state index contributed by atoms with van der Waals surface area (Å²) >= 11 is 0. The smallest absolute Gasteiger partial charge is 0.267 e. The van der Waals surface area contributed by atoms with Crippen LogP contribution in [0.15, 0.2) is 25.3 Å². The van der Waals surface area contributed by atoms with Crippen molar-refractivity contribution < 1.29 is 35.5 Å². The number of nitrogens with one attached hydrogen (secondary N) is 2. The lowest BCUT2D eigenvalue weighted by Crippen LogP contribution is -2.47. The van der Waals surface area contributed by atoms with Gasteiger partial charge in [0.2, 0.25) is 11.8 Å². The van der Waals surface area contributed by atoms with Gasteiger partial charge in [0.1, 0.15) is 0 Å². The normalized spacial score (nSPS) is 12.2. The number of carbonyl (C=O) groups excluding carboxylic acids is 2. The SMILES string of the molecule is C=CC(=O)NC(C)(C)CS(=O)(=O)O.C=CC(=O)NC(C)(C)CS(=O)(=O)O. The minimum Gasteiger partial charge on any atom is -0.347 e. The van der Waals surface area contributed by atoms with Crippen molar-refractivity contribution >= 4 is 32.1 Å². The predicted octanol–water partition coefficient (Wildman–Crippen LogP) is -0.0900. The average molecular weight is 415 g/mol. The summed E-state index contributed by atoms with van der Waals surface area (Å²) in [5.74, 6) is -2.01. The predicted molar refractivity (Wildman–Crippen MR) is 97.7 cm³/mol.